The minimum Gasteiger partial charge on any atom is -0.463 e. The van der Waals surface area contributed by atoms with Crippen molar-refractivity contribution < 1.29 is 9.57 Å². The minimum absolute atomic E-state index is 0.187. The van der Waals surface area contributed by atoms with Gasteiger partial charge in [0.15, 0.2) is 0 Å². The monoisotopic (exact) mass is 377 g/mol. The first-order valence-electron chi connectivity index (χ1n) is 10.0. The Bertz CT molecular complexity index is 815. The van der Waals surface area contributed by atoms with Crippen LogP contribution in [0.1, 0.15) is 36.8 Å². The maximum absolute atomic E-state index is 8.41. The van der Waals surface area contributed by atoms with E-state index in [1.54, 1.807) is 0 Å². The van der Waals surface area contributed by atoms with Crippen LogP contribution in [-0.2, 0) is 22.7 Å². The predicted octanol–water partition coefficient (Wildman–Crippen LogP) is 4.60. The molecular weight excluding hydrogens is 350 g/mol. The summed E-state index contributed by atoms with van der Waals surface area (Å²) in [6, 6.07) is 17.0. The van der Waals surface area contributed by atoms with Crippen molar-refractivity contribution >= 4 is 6.02 Å². The Labute approximate surface area is 166 Å². The van der Waals surface area contributed by atoms with Crippen molar-refractivity contribution in [2.75, 3.05) is 13.2 Å². The van der Waals surface area contributed by atoms with Crippen molar-refractivity contribution in [3.05, 3.63) is 71.4 Å². The molecule has 1 heterocycles. The molecule has 2 aliphatic rings. The van der Waals surface area contributed by atoms with Gasteiger partial charge in [0.2, 0.25) is 0 Å². The molecule has 0 radical (unpaired) electrons. The summed E-state index contributed by atoms with van der Waals surface area (Å²) in [5, 5.41) is 8.41. The minimum atomic E-state index is 0.187. The average molecular weight is 377 g/mol. The van der Waals surface area contributed by atoms with Gasteiger partial charge in [-0.05, 0) is 47.9 Å². The van der Waals surface area contributed by atoms with Gasteiger partial charge in [0.25, 0.3) is 6.02 Å². The van der Waals surface area contributed by atoms with Gasteiger partial charge >= 0.3 is 0 Å². The Morgan fingerprint density at radius 2 is 1.61 bits per heavy atom. The maximum atomic E-state index is 8.41. The number of nitrogens with one attached hydrogen (secondary N) is 2. The van der Waals surface area contributed by atoms with E-state index in [9.17, 15) is 0 Å². The van der Waals surface area contributed by atoms with Gasteiger partial charge in [-0.1, -0.05) is 54.6 Å². The van der Waals surface area contributed by atoms with Crippen LogP contribution in [0.25, 0.3) is 11.1 Å². The number of hydrogen-bond acceptors (Lipinski definition) is 4. The van der Waals surface area contributed by atoms with Crippen LogP contribution in [0.5, 0.6) is 0 Å². The molecule has 28 heavy (non-hydrogen) atoms. The topological polar surface area (TPSA) is 57.6 Å². The van der Waals surface area contributed by atoms with Gasteiger partial charge in [-0.15, -0.1) is 0 Å². The van der Waals surface area contributed by atoms with E-state index < -0.39 is 0 Å². The van der Waals surface area contributed by atoms with Crippen LogP contribution in [0.3, 0.4) is 0 Å². The lowest BCUT2D eigenvalue weighted by Gasteiger charge is -2.23. The Balaban J connectivity index is 1.34. The number of allylic oxidation sites excluding steroid dienone is 2. The molecule has 1 aliphatic carbocycles. The average Bonchev–Trinajstić information content (AvgIpc) is 2.91. The second-order valence-corrected chi connectivity index (χ2v) is 7.25. The number of ether oxygens (including phenoxy) is 1. The van der Waals surface area contributed by atoms with Crippen LogP contribution >= 0.6 is 0 Å². The van der Waals surface area contributed by atoms with Crippen LogP contribution < -0.4 is 5.48 Å². The third-order valence-electron chi connectivity index (χ3n) is 5.25. The quantitative estimate of drug-likeness (QED) is 0.346. The molecule has 0 spiro atoms. The highest BCUT2D eigenvalue weighted by molar-refractivity contribution is 5.76. The first kappa shape index (κ1) is 18.6. The van der Waals surface area contributed by atoms with Gasteiger partial charge in [-0.25, -0.2) is 0 Å². The summed E-state index contributed by atoms with van der Waals surface area (Å²) in [4.78, 5) is 7.46. The van der Waals surface area contributed by atoms with E-state index in [0.717, 1.165) is 18.5 Å². The standard InChI is InChI=1S/C23H27N3O2/c24-23(27-14-15-28-25-20-10-2-1-3-11-20)26-16-18-8-4-6-12-21(18)22-13-7-5-9-19(22)17-26/h4-10,12-13,24-25H,1-3,11,14-17H2. The number of amidine groups is 1. The number of nitrogens with zero attached hydrogens (tertiary/aromatic N) is 1. The van der Waals surface area contributed by atoms with Crippen molar-refractivity contribution in [1.29, 1.82) is 5.41 Å². The van der Waals surface area contributed by atoms with E-state index in [1.807, 2.05) is 4.90 Å². The molecular formula is C23H27N3O2. The smallest absolute Gasteiger partial charge is 0.285 e. The second-order valence-electron chi connectivity index (χ2n) is 7.25. The zero-order chi connectivity index (χ0) is 19.2. The summed E-state index contributed by atoms with van der Waals surface area (Å²) < 4.78 is 5.68. The highest BCUT2D eigenvalue weighted by atomic mass is 16.7. The Hall–Kier alpha value is -2.79. The number of benzene rings is 2. The van der Waals surface area contributed by atoms with E-state index in [2.05, 4.69) is 60.1 Å². The summed E-state index contributed by atoms with van der Waals surface area (Å²) in [6.45, 7) is 2.07. The van der Waals surface area contributed by atoms with Gasteiger partial charge < -0.3 is 9.64 Å². The molecule has 1 aliphatic heterocycles. The van der Waals surface area contributed by atoms with Gasteiger partial charge in [-0.2, -0.15) is 0 Å². The lowest BCUT2D eigenvalue weighted by Crippen LogP contribution is -2.32. The third-order valence-corrected chi connectivity index (χ3v) is 5.25. The largest absolute Gasteiger partial charge is 0.463 e. The van der Waals surface area contributed by atoms with Crippen LogP contribution in [-0.4, -0.2) is 24.1 Å². The van der Waals surface area contributed by atoms with E-state index in [-0.39, 0.29) is 6.02 Å². The van der Waals surface area contributed by atoms with Gasteiger partial charge in [-0.3, -0.25) is 15.7 Å². The zero-order valence-corrected chi connectivity index (χ0v) is 16.1. The van der Waals surface area contributed by atoms with Crippen LogP contribution in [0.15, 0.2) is 60.3 Å². The molecule has 0 saturated heterocycles. The molecule has 0 amide bonds. The maximum Gasteiger partial charge on any atom is 0.285 e. The number of hydroxylamine groups is 1. The van der Waals surface area contributed by atoms with Crippen LogP contribution in [0.4, 0.5) is 0 Å². The molecule has 5 heteroatoms. The van der Waals surface area contributed by atoms with Crippen molar-refractivity contribution in [2.45, 2.75) is 38.8 Å². The molecule has 2 aromatic rings. The Morgan fingerprint density at radius 1 is 0.929 bits per heavy atom. The Kier molecular flexibility index (Phi) is 5.92. The lowest BCUT2D eigenvalue weighted by atomic mass is 9.97. The van der Waals surface area contributed by atoms with Crippen molar-refractivity contribution in [2.24, 2.45) is 0 Å². The molecule has 146 valence electrons. The van der Waals surface area contributed by atoms with E-state index in [0.29, 0.717) is 26.3 Å². The molecule has 2 aromatic carbocycles. The molecule has 0 fully saturated rings. The lowest BCUT2D eigenvalue weighted by molar-refractivity contribution is 0.0307. The molecule has 0 atom stereocenters. The zero-order valence-electron chi connectivity index (χ0n) is 16.1. The van der Waals surface area contributed by atoms with E-state index >= 15 is 0 Å². The van der Waals surface area contributed by atoms with Gasteiger partial charge in [0.1, 0.15) is 13.2 Å². The predicted molar refractivity (Wildman–Crippen MR) is 110 cm³/mol. The van der Waals surface area contributed by atoms with Gasteiger partial charge in [0.05, 0.1) is 0 Å². The molecule has 0 bridgehead atoms. The molecule has 0 aromatic heterocycles. The molecule has 2 N–H and O–H groups in total. The SMILES string of the molecule is N=C(OCCONC1=CCCCC1)N1Cc2ccccc2-c2ccccc2C1. The molecule has 0 unspecified atom stereocenters. The molecule has 5 nitrogen and oxygen atoms in total. The van der Waals surface area contributed by atoms with Crippen LogP contribution in [0, 0.1) is 5.41 Å². The van der Waals surface area contributed by atoms with Gasteiger partial charge in [0, 0.05) is 18.8 Å². The van der Waals surface area contributed by atoms with Crippen molar-refractivity contribution in [3.63, 3.8) is 0 Å². The molecule has 4 rings (SSSR count). The number of fused-ring (bicyclic) bond motifs is 3. The normalized spacial score (nSPS) is 15.7. The fourth-order valence-electron chi connectivity index (χ4n) is 3.80. The first-order valence-corrected chi connectivity index (χ1v) is 10.0. The van der Waals surface area contributed by atoms with Crippen molar-refractivity contribution in [3.8, 4) is 11.1 Å². The molecule has 0 saturated carbocycles. The Morgan fingerprint density at radius 3 is 2.25 bits per heavy atom. The summed E-state index contributed by atoms with van der Waals surface area (Å²) in [5.41, 5.74) is 9.06. The van der Waals surface area contributed by atoms with E-state index in [4.69, 9.17) is 15.0 Å². The number of hydrogen-bond donors (Lipinski definition) is 2. The summed E-state index contributed by atoms with van der Waals surface area (Å²) in [7, 11) is 0. The summed E-state index contributed by atoms with van der Waals surface area (Å²) in [5.74, 6) is 0. The highest BCUT2D eigenvalue weighted by Crippen LogP contribution is 2.32. The number of rotatable bonds is 5. The highest BCUT2D eigenvalue weighted by Gasteiger charge is 2.21. The second kappa shape index (κ2) is 8.93. The first-order chi connectivity index (χ1) is 13.8. The third kappa shape index (κ3) is 4.37. The fourth-order valence-corrected chi connectivity index (χ4v) is 3.80. The summed E-state index contributed by atoms with van der Waals surface area (Å²) in [6.07, 6.45) is 6.82. The summed E-state index contributed by atoms with van der Waals surface area (Å²) >= 11 is 0. The van der Waals surface area contributed by atoms with E-state index in [1.165, 1.54) is 35.1 Å². The fraction of sp³-hybridized carbons (Fsp3) is 0.348. The van der Waals surface area contributed by atoms with Crippen LogP contribution in [0.2, 0.25) is 0 Å². The van der Waals surface area contributed by atoms with Crippen molar-refractivity contribution in [1.82, 2.24) is 10.4 Å².